The van der Waals surface area contributed by atoms with Crippen LogP contribution in [0.3, 0.4) is 0 Å². The van der Waals surface area contributed by atoms with Crippen LogP contribution in [0.25, 0.3) is 0 Å². The van der Waals surface area contributed by atoms with Gasteiger partial charge in [-0.15, -0.1) is 0 Å². The molecule has 4 atom stereocenters. The van der Waals surface area contributed by atoms with Gasteiger partial charge in [-0.3, -0.25) is 0 Å². The van der Waals surface area contributed by atoms with Gasteiger partial charge in [-0.1, -0.05) is 0 Å². The molecule has 1 amide bonds. The van der Waals surface area contributed by atoms with Crippen LogP contribution in [-0.2, 0) is 4.79 Å². The first-order chi connectivity index (χ1) is 15.2. The Morgan fingerprint density at radius 2 is 1.87 bits per heavy atom. The van der Waals surface area contributed by atoms with E-state index < -0.39 is 0 Å². The topological polar surface area (TPSA) is 63.9 Å². The van der Waals surface area contributed by atoms with Gasteiger partial charge in [0.15, 0.2) is 0 Å². The van der Waals surface area contributed by atoms with E-state index in [0.717, 1.165) is 48.5 Å². The van der Waals surface area contributed by atoms with E-state index in [-0.39, 0.29) is 27.1 Å². The summed E-state index contributed by atoms with van der Waals surface area (Å²) in [5, 5.41) is 13.9. The first-order valence-corrected chi connectivity index (χ1v) is 15.3. The van der Waals surface area contributed by atoms with Crippen LogP contribution in [0.4, 0.5) is 0 Å². The number of halogens is 1. The number of hydrogen-bond acceptors (Lipinski definition) is 4. The summed E-state index contributed by atoms with van der Waals surface area (Å²) in [6, 6.07) is 0.390. The molecular formula is C24H39IN5O-. The molecule has 31 heavy (non-hydrogen) atoms. The second kappa shape index (κ2) is 11.8. The molecule has 0 N–H and O–H groups in total. The molecule has 4 unspecified atom stereocenters. The van der Waals surface area contributed by atoms with Crippen LogP contribution in [-0.4, -0.2) is 48.5 Å². The first kappa shape index (κ1) is 23.2. The summed E-state index contributed by atoms with van der Waals surface area (Å²) in [5.41, 5.74) is 0. The van der Waals surface area contributed by atoms with Crippen molar-refractivity contribution in [3.05, 3.63) is 18.0 Å². The van der Waals surface area contributed by atoms with Gasteiger partial charge in [0.05, 0.1) is 0 Å². The van der Waals surface area contributed by atoms with Crippen molar-refractivity contribution < 1.29 is 26.0 Å². The molecule has 1 aromatic heterocycles. The van der Waals surface area contributed by atoms with Gasteiger partial charge >= 0.3 is 198 Å². The van der Waals surface area contributed by atoms with Gasteiger partial charge in [-0.25, -0.2) is 0 Å². The van der Waals surface area contributed by atoms with E-state index in [2.05, 4.69) is 34.3 Å². The Morgan fingerprint density at radius 1 is 1.03 bits per heavy atom. The fourth-order valence-corrected chi connectivity index (χ4v) is 8.14. The maximum absolute atomic E-state index is 13.2. The molecule has 1 aliphatic heterocycles. The summed E-state index contributed by atoms with van der Waals surface area (Å²) in [5.74, 6) is 2.09. The fraction of sp³-hybridized carbons (Fsp3) is 0.833. The Hall–Kier alpha value is -0.990. The zero-order chi connectivity index (χ0) is 21.5. The van der Waals surface area contributed by atoms with E-state index in [1.54, 1.807) is 0 Å². The molecule has 0 spiro atoms. The first-order valence-electron chi connectivity index (χ1n) is 12.5. The molecule has 1 saturated carbocycles. The second-order valence-electron chi connectivity index (χ2n) is 9.71. The van der Waals surface area contributed by atoms with Crippen LogP contribution in [0, 0.1) is 11.8 Å². The van der Waals surface area contributed by atoms with Crippen molar-refractivity contribution in [2.24, 2.45) is 11.8 Å². The van der Waals surface area contributed by atoms with Gasteiger partial charge in [0.1, 0.15) is 0 Å². The summed E-state index contributed by atoms with van der Waals surface area (Å²) in [7, 11) is 0. The van der Waals surface area contributed by atoms with E-state index in [4.69, 9.17) is 5.10 Å². The zero-order valence-corrected chi connectivity index (χ0v) is 21.3. The molecule has 4 rings (SSSR count). The fourth-order valence-electron chi connectivity index (χ4n) is 5.13. The number of nitrogens with zero attached hydrogens (tertiary/aromatic N) is 5. The van der Waals surface area contributed by atoms with E-state index >= 15 is 0 Å². The Morgan fingerprint density at radius 3 is 2.81 bits per heavy atom. The third-order valence-corrected chi connectivity index (χ3v) is 10.3. The van der Waals surface area contributed by atoms with Crippen molar-refractivity contribution in [3.63, 3.8) is 0 Å². The molecule has 0 bridgehead atoms. The maximum atomic E-state index is 13.2. The Balaban J connectivity index is 1.38. The van der Waals surface area contributed by atoms with E-state index in [0.29, 0.717) is 15.9 Å². The van der Waals surface area contributed by atoms with Crippen LogP contribution in [0.5, 0.6) is 0 Å². The quantitative estimate of drug-likeness (QED) is 0.333. The molecule has 2 fully saturated rings. The minimum atomic E-state index is -0.0281. The minimum absolute atomic E-state index is 0.0281. The Kier molecular flexibility index (Phi) is 8.79. The monoisotopic (exact) mass is 540 g/mol. The average molecular weight is 541 g/mol. The van der Waals surface area contributed by atoms with Crippen LogP contribution in [0.1, 0.15) is 99.8 Å². The summed E-state index contributed by atoms with van der Waals surface area (Å²) >= 11 is -0.0281. The predicted octanol–water partition coefficient (Wildman–Crippen LogP) is 1.70. The van der Waals surface area contributed by atoms with Crippen molar-refractivity contribution in [2.75, 3.05) is 17.5 Å². The third-order valence-electron chi connectivity index (χ3n) is 7.19. The van der Waals surface area contributed by atoms with Crippen molar-refractivity contribution in [2.45, 2.75) is 93.9 Å². The number of allylic oxidation sites excluding steroid dienone is 1. The molecule has 174 valence electrons. The zero-order valence-electron chi connectivity index (χ0n) is 19.1. The van der Waals surface area contributed by atoms with Gasteiger partial charge in [0.2, 0.25) is 0 Å². The van der Waals surface area contributed by atoms with E-state index in [9.17, 15) is 4.79 Å². The van der Waals surface area contributed by atoms with Crippen LogP contribution < -0.4 is 21.2 Å². The molecule has 2 heterocycles. The summed E-state index contributed by atoms with van der Waals surface area (Å²) in [4.78, 5) is 17.2. The third kappa shape index (κ3) is 6.51. The average Bonchev–Trinajstić information content (AvgIpc) is 3.27. The molecule has 0 radical (unpaired) electrons. The molecule has 0 aromatic carbocycles. The standard InChI is InChI=1S/C24H39IN5O/c1-19-10-6-5-9-13-21(15-14-19)30-27-23(26-28-30)22-18-29(17-16-25-22)24(31)20-11-7-3-2-4-8-12-20/h7,11,19-22H,2-6,8-10,12-18H2,1H3/q-1. The van der Waals surface area contributed by atoms with Crippen LogP contribution >= 0.6 is 0 Å². The van der Waals surface area contributed by atoms with Crippen LogP contribution in [0.2, 0.25) is 0 Å². The number of carbonyl (C=O) groups excluding carboxylic acids is 1. The Labute approximate surface area is 197 Å². The molecule has 2 aliphatic carbocycles. The van der Waals surface area contributed by atoms with Gasteiger partial charge in [-0.2, -0.15) is 0 Å². The summed E-state index contributed by atoms with van der Waals surface area (Å²) < 4.78 is 1.47. The number of tetrazole rings is 1. The van der Waals surface area contributed by atoms with Gasteiger partial charge in [-0.05, 0) is 0 Å². The molecule has 3 aliphatic rings. The normalized spacial score (nSPS) is 31.5. The number of hydrogen-bond donors (Lipinski definition) is 0. The second-order valence-corrected chi connectivity index (χ2v) is 13.2. The van der Waals surface area contributed by atoms with Crippen molar-refractivity contribution >= 4 is 5.91 Å². The Bertz CT molecular complexity index is 735. The molecule has 1 saturated heterocycles. The molecular weight excluding hydrogens is 501 g/mol. The summed E-state index contributed by atoms with van der Waals surface area (Å²) in [6.07, 6.45) is 19.1. The van der Waals surface area contributed by atoms with E-state index in [1.165, 1.54) is 57.8 Å². The van der Waals surface area contributed by atoms with Crippen molar-refractivity contribution in [1.29, 1.82) is 0 Å². The molecule has 6 nitrogen and oxygen atoms in total. The van der Waals surface area contributed by atoms with Crippen LogP contribution in [0.15, 0.2) is 12.2 Å². The van der Waals surface area contributed by atoms with Gasteiger partial charge in [0, 0.05) is 0 Å². The van der Waals surface area contributed by atoms with Gasteiger partial charge < -0.3 is 0 Å². The predicted molar refractivity (Wildman–Crippen MR) is 118 cm³/mol. The SMILES string of the molecule is CC1CCCCCC(n2nnc(C3CN(C(=O)C4C=CCCCCC4)CC[I-]3)n2)CC1. The molecule has 7 heteroatoms. The van der Waals surface area contributed by atoms with E-state index in [1.807, 2.05) is 4.80 Å². The number of aromatic nitrogens is 4. The molecule has 1 aromatic rings. The summed E-state index contributed by atoms with van der Waals surface area (Å²) in [6.45, 7) is 4.09. The number of alkyl halides is 2. The number of rotatable bonds is 3. The van der Waals surface area contributed by atoms with Gasteiger partial charge in [0.25, 0.3) is 0 Å². The number of carbonyl (C=O) groups is 1. The number of amides is 1. The van der Waals surface area contributed by atoms with Crippen molar-refractivity contribution in [1.82, 2.24) is 25.1 Å². The van der Waals surface area contributed by atoms with Crippen molar-refractivity contribution in [3.8, 4) is 0 Å².